The van der Waals surface area contributed by atoms with Crippen molar-refractivity contribution in [3.05, 3.63) is 29.8 Å². The quantitative estimate of drug-likeness (QED) is 0.703. The van der Waals surface area contributed by atoms with E-state index in [0.717, 1.165) is 5.56 Å². The van der Waals surface area contributed by atoms with Gasteiger partial charge in [0.25, 0.3) is 0 Å². The van der Waals surface area contributed by atoms with Crippen LogP contribution in [0, 0.1) is 0 Å². The summed E-state index contributed by atoms with van der Waals surface area (Å²) in [7, 11) is 1.59. The van der Waals surface area contributed by atoms with Gasteiger partial charge >= 0.3 is 6.03 Å². The van der Waals surface area contributed by atoms with E-state index in [1.807, 2.05) is 0 Å². The van der Waals surface area contributed by atoms with E-state index < -0.39 is 6.03 Å². The van der Waals surface area contributed by atoms with E-state index in [9.17, 15) is 4.79 Å². The minimum absolute atomic E-state index is 0.000561. The summed E-state index contributed by atoms with van der Waals surface area (Å²) in [5.41, 5.74) is 6.60. The number of primary amides is 1. The average Bonchev–Trinajstić information content (AvgIpc) is 2.17. The number of benzene rings is 1. The normalized spacial score (nSPS) is 9.69. The van der Waals surface area contributed by atoms with Crippen molar-refractivity contribution in [3.63, 3.8) is 0 Å². The second kappa shape index (κ2) is 3.91. The van der Waals surface area contributed by atoms with Crippen LogP contribution in [0.1, 0.15) is 5.56 Å². The number of hydrogen-bond acceptors (Lipinski definition) is 2. The number of urea groups is 1. The molecule has 0 spiro atoms. The lowest BCUT2D eigenvalue weighted by atomic mass is 10.2. The number of nitrogens with two attached hydrogens (primary N) is 1. The first-order valence-corrected chi connectivity index (χ1v) is 3.88. The van der Waals surface area contributed by atoms with Crippen molar-refractivity contribution in [1.29, 1.82) is 0 Å². The second-order valence-corrected chi connectivity index (χ2v) is 2.72. The maximum atomic E-state index is 10.8. The standard InChI is InChI=1S/C9H12N2O2/c1-11(9(10)13)8-4-2-7(6-12)3-5-8/h2-5,12H,6H2,1H3,(H2,10,13). The van der Waals surface area contributed by atoms with Crippen LogP contribution in [0.15, 0.2) is 24.3 Å². The van der Waals surface area contributed by atoms with Crippen molar-refractivity contribution in [3.8, 4) is 0 Å². The first-order chi connectivity index (χ1) is 6.15. The van der Waals surface area contributed by atoms with Gasteiger partial charge in [-0.3, -0.25) is 4.90 Å². The van der Waals surface area contributed by atoms with E-state index in [1.54, 1.807) is 31.3 Å². The fourth-order valence-electron chi connectivity index (χ4n) is 0.952. The number of aliphatic hydroxyl groups excluding tert-OH is 1. The first kappa shape index (κ1) is 9.54. The fourth-order valence-corrected chi connectivity index (χ4v) is 0.952. The Labute approximate surface area is 76.6 Å². The Morgan fingerprint density at radius 3 is 2.38 bits per heavy atom. The molecule has 0 aromatic heterocycles. The Morgan fingerprint density at radius 2 is 2.00 bits per heavy atom. The van der Waals surface area contributed by atoms with Crippen molar-refractivity contribution < 1.29 is 9.90 Å². The maximum Gasteiger partial charge on any atom is 0.318 e. The molecule has 0 heterocycles. The smallest absolute Gasteiger partial charge is 0.318 e. The van der Waals surface area contributed by atoms with Crippen LogP contribution in [0.2, 0.25) is 0 Å². The molecule has 0 saturated carbocycles. The molecule has 2 amide bonds. The van der Waals surface area contributed by atoms with Crippen molar-refractivity contribution >= 4 is 11.7 Å². The Balaban J connectivity index is 2.85. The number of nitrogens with zero attached hydrogens (tertiary/aromatic N) is 1. The van der Waals surface area contributed by atoms with Crippen LogP contribution < -0.4 is 10.6 Å². The van der Waals surface area contributed by atoms with Gasteiger partial charge in [0, 0.05) is 12.7 Å². The van der Waals surface area contributed by atoms with Gasteiger partial charge in [0.05, 0.1) is 6.61 Å². The highest BCUT2D eigenvalue weighted by Crippen LogP contribution is 2.13. The molecule has 4 nitrogen and oxygen atoms in total. The van der Waals surface area contributed by atoms with Crippen LogP contribution in [0.5, 0.6) is 0 Å². The minimum Gasteiger partial charge on any atom is -0.392 e. The van der Waals surface area contributed by atoms with E-state index in [1.165, 1.54) is 4.90 Å². The Hall–Kier alpha value is -1.55. The summed E-state index contributed by atoms with van der Waals surface area (Å²) in [4.78, 5) is 12.1. The Bertz CT molecular complexity index is 295. The van der Waals surface area contributed by atoms with Gasteiger partial charge in [-0.05, 0) is 17.7 Å². The zero-order chi connectivity index (χ0) is 9.84. The van der Waals surface area contributed by atoms with Gasteiger partial charge < -0.3 is 10.8 Å². The van der Waals surface area contributed by atoms with Crippen molar-refractivity contribution in [2.45, 2.75) is 6.61 Å². The molecular weight excluding hydrogens is 168 g/mol. The molecule has 3 N–H and O–H groups in total. The summed E-state index contributed by atoms with van der Waals surface area (Å²) in [5, 5.41) is 8.77. The van der Waals surface area contributed by atoms with Crippen LogP contribution in [0.25, 0.3) is 0 Å². The summed E-state index contributed by atoms with van der Waals surface area (Å²) < 4.78 is 0. The minimum atomic E-state index is -0.503. The van der Waals surface area contributed by atoms with Gasteiger partial charge in [-0.25, -0.2) is 4.79 Å². The summed E-state index contributed by atoms with van der Waals surface area (Å²) in [6, 6.07) is 6.45. The first-order valence-electron chi connectivity index (χ1n) is 3.88. The van der Waals surface area contributed by atoms with Crippen LogP contribution in [0.3, 0.4) is 0 Å². The lowest BCUT2D eigenvalue weighted by Gasteiger charge is -2.14. The van der Waals surface area contributed by atoms with Crippen LogP contribution in [-0.2, 0) is 6.61 Å². The van der Waals surface area contributed by atoms with E-state index in [4.69, 9.17) is 10.8 Å². The maximum absolute atomic E-state index is 10.8. The van der Waals surface area contributed by atoms with E-state index in [2.05, 4.69) is 0 Å². The molecule has 4 heteroatoms. The van der Waals surface area contributed by atoms with Crippen molar-refractivity contribution in [1.82, 2.24) is 0 Å². The molecule has 0 aliphatic heterocycles. The molecule has 0 radical (unpaired) electrons. The number of amides is 2. The van der Waals surface area contributed by atoms with Gasteiger partial charge in [0.15, 0.2) is 0 Å². The molecule has 0 aliphatic rings. The monoisotopic (exact) mass is 180 g/mol. The number of anilines is 1. The number of aliphatic hydroxyl groups is 1. The number of carbonyl (C=O) groups is 1. The highest BCUT2D eigenvalue weighted by atomic mass is 16.3. The second-order valence-electron chi connectivity index (χ2n) is 2.72. The average molecular weight is 180 g/mol. The molecule has 0 unspecified atom stereocenters. The number of carbonyl (C=O) groups excluding carboxylic acids is 1. The lowest BCUT2D eigenvalue weighted by Crippen LogP contribution is -2.31. The highest BCUT2D eigenvalue weighted by Gasteiger charge is 2.04. The van der Waals surface area contributed by atoms with Gasteiger partial charge in [-0.1, -0.05) is 12.1 Å². The highest BCUT2D eigenvalue weighted by molar-refractivity contribution is 5.89. The zero-order valence-electron chi connectivity index (χ0n) is 7.40. The summed E-state index contributed by atoms with van der Waals surface area (Å²) >= 11 is 0. The van der Waals surface area contributed by atoms with Gasteiger partial charge in [-0.15, -0.1) is 0 Å². The lowest BCUT2D eigenvalue weighted by molar-refractivity contribution is 0.255. The molecule has 1 aromatic rings. The number of hydrogen-bond donors (Lipinski definition) is 2. The molecule has 0 aliphatic carbocycles. The Morgan fingerprint density at radius 1 is 1.46 bits per heavy atom. The molecular formula is C9H12N2O2. The van der Waals surface area contributed by atoms with Crippen LogP contribution >= 0.6 is 0 Å². The molecule has 0 saturated heterocycles. The van der Waals surface area contributed by atoms with E-state index in [-0.39, 0.29) is 6.61 Å². The van der Waals surface area contributed by atoms with E-state index >= 15 is 0 Å². The molecule has 0 bridgehead atoms. The van der Waals surface area contributed by atoms with Crippen molar-refractivity contribution in [2.75, 3.05) is 11.9 Å². The predicted molar refractivity (Wildman–Crippen MR) is 50.4 cm³/mol. The topological polar surface area (TPSA) is 66.6 Å². The van der Waals surface area contributed by atoms with Gasteiger partial charge in [0.1, 0.15) is 0 Å². The third-order valence-electron chi connectivity index (χ3n) is 1.84. The van der Waals surface area contributed by atoms with Crippen LogP contribution in [0.4, 0.5) is 10.5 Å². The fraction of sp³-hybridized carbons (Fsp3) is 0.222. The van der Waals surface area contributed by atoms with Crippen molar-refractivity contribution in [2.24, 2.45) is 5.73 Å². The zero-order valence-corrected chi connectivity index (χ0v) is 7.40. The summed E-state index contributed by atoms with van der Waals surface area (Å²) in [5.74, 6) is 0. The molecule has 1 rings (SSSR count). The molecule has 13 heavy (non-hydrogen) atoms. The predicted octanol–water partition coefficient (Wildman–Crippen LogP) is 0.694. The van der Waals surface area contributed by atoms with Gasteiger partial charge in [-0.2, -0.15) is 0 Å². The third-order valence-corrected chi connectivity index (χ3v) is 1.84. The van der Waals surface area contributed by atoms with Gasteiger partial charge in [0.2, 0.25) is 0 Å². The molecule has 0 atom stereocenters. The molecule has 1 aromatic carbocycles. The third kappa shape index (κ3) is 2.19. The molecule has 70 valence electrons. The van der Waals surface area contributed by atoms with Crippen LogP contribution in [-0.4, -0.2) is 18.2 Å². The van der Waals surface area contributed by atoms with E-state index in [0.29, 0.717) is 5.69 Å². The summed E-state index contributed by atoms with van der Waals surface area (Å²) in [6.45, 7) is 0.000561. The largest absolute Gasteiger partial charge is 0.392 e. The Kier molecular flexibility index (Phi) is 2.87. The molecule has 0 fully saturated rings. The number of rotatable bonds is 2. The summed E-state index contributed by atoms with van der Waals surface area (Å²) in [6.07, 6.45) is 0. The SMILES string of the molecule is CN(C(N)=O)c1ccc(CO)cc1.